The number of carbonyl (C=O) groups is 2. The van der Waals surface area contributed by atoms with E-state index < -0.39 is 0 Å². The lowest BCUT2D eigenvalue weighted by Gasteiger charge is -2.09. The van der Waals surface area contributed by atoms with Crippen LogP contribution in [0.25, 0.3) is 10.7 Å². The molecule has 2 aromatic heterocycles. The van der Waals surface area contributed by atoms with Crippen LogP contribution in [0.4, 0.5) is 11.4 Å². The minimum absolute atomic E-state index is 0.176. The largest absolute Gasteiger partial charge is 0.325 e. The summed E-state index contributed by atoms with van der Waals surface area (Å²) in [6.07, 6.45) is 0. The van der Waals surface area contributed by atoms with Gasteiger partial charge in [0.05, 0.1) is 10.6 Å². The maximum absolute atomic E-state index is 12.4. The van der Waals surface area contributed by atoms with Gasteiger partial charge in [0.2, 0.25) is 5.91 Å². The van der Waals surface area contributed by atoms with Gasteiger partial charge in [-0.3, -0.25) is 9.59 Å². The van der Waals surface area contributed by atoms with Gasteiger partial charge in [0.15, 0.2) is 11.0 Å². The van der Waals surface area contributed by atoms with Gasteiger partial charge in [0, 0.05) is 29.0 Å². The second-order valence-electron chi connectivity index (χ2n) is 6.72. The quantitative estimate of drug-likeness (QED) is 0.353. The van der Waals surface area contributed by atoms with Crippen LogP contribution in [0, 0.1) is 0 Å². The van der Waals surface area contributed by atoms with Crippen LogP contribution in [0.3, 0.4) is 0 Å². The lowest BCUT2D eigenvalue weighted by atomic mass is 10.2. The molecular weight excluding hydrogens is 466 g/mol. The molecule has 0 saturated carbocycles. The average molecular weight is 484 g/mol. The molecule has 7 nitrogen and oxygen atoms in total. The molecule has 0 saturated heterocycles. The lowest BCUT2D eigenvalue weighted by molar-refractivity contribution is -0.113. The van der Waals surface area contributed by atoms with Crippen molar-refractivity contribution in [3.05, 3.63) is 76.6 Å². The van der Waals surface area contributed by atoms with Crippen molar-refractivity contribution in [3.8, 4) is 10.7 Å². The Kier molecular flexibility index (Phi) is 6.89. The molecule has 0 aliphatic carbocycles. The summed E-state index contributed by atoms with van der Waals surface area (Å²) in [6.45, 7) is 0. The molecular formula is C22H18ClN5O2S2. The monoisotopic (exact) mass is 483 g/mol. The van der Waals surface area contributed by atoms with Gasteiger partial charge in [-0.25, -0.2) is 0 Å². The fourth-order valence-corrected chi connectivity index (χ4v) is 4.54. The number of thiophene rings is 1. The van der Waals surface area contributed by atoms with E-state index in [9.17, 15) is 9.59 Å². The van der Waals surface area contributed by atoms with Crippen molar-refractivity contribution in [1.82, 2.24) is 14.8 Å². The molecule has 2 amide bonds. The summed E-state index contributed by atoms with van der Waals surface area (Å²) in [7, 11) is 1.88. The maximum atomic E-state index is 12.4. The van der Waals surface area contributed by atoms with Crippen LogP contribution < -0.4 is 10.6 Å². The maximum Gasteiger partial charge on any atom is 0.255 e. The summed E-state index contributed by atoms with van der Waals surface area (Å²) in [5.41, 5.74) is 1.60. The second-order valence-corrected chi connectivity index (χ2v) is 9.05. The highest BCUT2D eigenvalue weighted by molar-refractivity contribution is 7.99. The smallest absolute Gasteiger partial charge is 0.255 e. The molecule has 0 bridgehead atoms. The highest BCUT2D eigenvalue weighted by Gasteiger charge is 2.14. The number of rotatable bonds is 7. The minimum atomic E-state index is -0.282. The normalized spacial score (nSPS) is 10.7. The van der Waals surface area contributed by atoms with Crippen molar-refractivity contribution < 1.29 is 9.59 Å². The predicted molar refractivity (Wildman–Crippen MR) is 130 cm³/mol. The van der Waals surface area contributed by atoms with Crippen LogP contribution in [0.2, 0.25) is 5.02 Å². The molecule has 0 aliphatic rings. The van der Waals surface area contributed by atoms with E-state index in [1.807, 2.05) is 29.1 Å². The average Bonchev–Trinajstić information content (AvgIpc) is 3.42. The van der Waals surface area contributed by atoms with E-state index >= 15 is 0 Å². The van der Waals surface area contributed by atoms with Gasteiger partial charge in [-0.15, -0.1) is 21.5 Å². The number of nitrogens with one attached hydrogen (secondary N) is 2. The summed E-state index contributed by atoms with van der Waals surface area (Å²) in [4.78, 5) is 25.9. The van der Waals surface area contributed by atoms with Crippen LogP contribution in [0.15, 0.2) is 71.2 Å². The third-order valence-electron chi connectivity index (χ3n) is 4.40. The van der Waals surface area contributed by atoms with E-state index in [2.05, 4.69) is 20.8 Å². The summed E-state index contributed by atoms with van der Waals surface area (Å²) in [5.74, 6) is 0.477. The van der Waals surface area contributed by atoms with Crippen LogP contribution in [-0.2, 0) is 11.8 Å². The number of carbonyl (C=O) groups excluding carboxylic acids is 2. The molecule has 32 heavy (non-hydrogen) atoms. The van der Waals surface area contributed by atoms with Gasteiger partial charge in [-0.2, -0.15) is 0 Å². The van der Waals surface area contributed by atoms with E-state index in [1.54, 1.807) is 59.9 Å². The molecule has 4 aromatic rings. The van der Waals surface area contributed by atoms with Crippen LogP contribution >= 0.6 is 34.7 Å². The van der Waals surface area contributed by atoms with E-state index in [0.29, 0.717) is 27.1 Å². The highest BCUT2D eigenvalue weighted by Crippen LogP contribution is 2.26. The number of nitrogens with zero attached hydrogens (tertiary/aromatic N) is 3. The van der Waals surface area contributed by atoms with Crippen molar-refractivity contribution >= 4 is 57.9 Å². The zero-order valence-corrected chi connectivity index (χ0v) is 19.3. The first-order valence-electron chi connectivity index (χ1n) is 9.52. The number of benzene rings is 2. The molecule has 0 atom stereocenters. The Morgan fingerprint density at radius 2 is 1.81 bits per heavy atom. The minimum Gasteiger partial charge on any atom is -0.325 e. The fourth-order valence-electron chi connectivity index (χ4n) is 2.90. The SMILES string of the molecule is Cn1c(SCC(=O)Nc2cccc(NC(=O)c3cccc(Cl)c3)c2)nnc1-c1cccs1. The summed E-state index contributed by atoms with van der Waals surface area (Å²) in [6, 6.07) is 17.6. The van der Waals surface area contributed by atoms with Crippen molar-refractivity contribution in [3.63, 3.8) is 0 Å². The number of thioether (sulfide) groups is 1. The molecule has 2 heterocycles. The Morgan fingerprint density at radius 3 is 2.56 bits per heavy atom. The first-order valence-corrected chi connectivity index (χ1v) is 11.8. The summed E-state index contributed by atoms with van der Waals surface area (Å²) < 4.78 is 1.87. The number of amides is 2. The Balaban J connectivity index is 1.34. The molecule has 0 fully saturated rings. The molecule has 0 unspecified atom stereocenters. The van der Waals surface area contributed by atoms with Crippen molar-refractivity contribution in [2.75, 3.05) is 16.4 Å². The third kappa shape index (κ3) is 5.37. The number of hydrogen-bond acceptors (Lipinski definition) is 6. The van der Waals surface area contributed by atoms with Crippen LogP contribution in [0.1, 0.15) is 10.4 Å². The van der Waals surface area contributed by atoms with Crippen molar-refractivity contribution in [2.24, 2.45) is 7.05 Å². The lowest BCUT2D eigenvalue weighted by Crippen LogP contribution is -2.15. The van der Waals surface area contributed by atoms with Gasteiger partial charge in [0.1, 0.15) is 0 Å². The summed E-state index contributed by atoms with van der Waals surface area (Å²) >= 11 is 8.84. The van der Waals surface area contributed by atoms with Gasteiger partial charge >= 0.3 is 0 Å². The predicted octanol–water partition coefficient (Wildman–Crippen LogP) is 5.18. The molecule has 4 rings (SSSR count). The molecule has 2 aromatic carbocycles. The number of halogens is 1. The standard InChI is InChI=1S/C22H18ClN5O2S2/c1-28-20(18-9-4-10-31-18)26-27-22(28)32-13-19(29)24-16-7-3-8-17(12-16)25-21(30)14-5-2-6-15(23)11-14/h2-12H,13H2,1H3,(H,24,29)(H,25,30). The van der Waals surface area contributed by atoms with Crippen LogP contribution in [-0.4, -0.2) is 32.3 Å². The number of aromatic nitrogens is 3. The van der Waals surface area contributed by atoms with Gasteiger partial charge in [-0.1, -0.05) is 41.6 Å². The molecule has 0 radical (unpaired) electrons. The van der Waals surface area contributed by atoms with Crippen molar-refractivity contribution in [1.29, 1.82) is 0 Å². The van der Waals surface area contributed by atoms with E-state index in [-0.39, 0.29) is 17.6 Å². The molecule has 0 aliphatic heterocycles. The van der Waals surface area contributed by atoms with Gasteiger partial charge < -0.3 is 15.2 Å². The first kappa shape index (κ1) is 22.1. The Hall–Kier alpha value is -3.14. The molecule has 2 N–H and O–H groups in total. The second kappa shape index (κ2) is 9.99. The first-order chi connectivity index (χ1) is 15.5. The summed E-state index contributed by atoms with van der Waals surface area (Å²) in [5, 5.41) is 17.2. The molecule has 0 spiro atoms. The molecule has 10 heteroatoms. The Bertz CT molecular complexity index is 1260. The van der Waals surface area contributed by atoms with E-state index in [1.165, 1.54) is 11.8 Å². The fraction of sp³-hybridized carbons (Fsp3) is 0.0909. The number of anilines is 2. The van der Waals surface area contributed by atoms with E-state index in [0.717, 1.165) is 10.7 Å². The van der Waals surface area contributed by atoms with Gasteiger partial charge in [0.25, 0.3) is 5.91 Å². The van der Waals surface area contributed by atoms with Crippen molar-refractivity contribution in [2.45, 2.75) is 5.16 Å². The third-order valence-corrected chi connectivity index (χ3v) is 6.52. The Labute approximate surface area is 197 Å². The topological polar surface area (TPSA) is 88.9 Å². The Morgan fingerprint density at radius 1 is 1.03 bits per heavy atom. The highest BCUT2D eigenvalue weighted by atomic mass is 35.5. The molecule has 162 valence electrons. The zero-order chi connectivity index (χ0) is 22.5. The number of hydrogen-bond donors (Lipinski definition) is 2. The van der Waals surface area contributed by atoms with E-state index in [4.69, 9.17) is 11.6 Å². The van der Waals surface area contributed by atoms with Gasteiger partial charge in [-0.05, 0) is 47.8 Å². The van der Waals surface area contributed by atoms with Crippen LogP contribution in [0.5, 0.6) is 0 Å². The zero-order valence-electron chi connectivity index (χ0n) is 16.9.